The lowest BCUT2D eigenvalue weighted by Crippen LogP contribution is -2.27. The van der Waals surface area contributed by atoms with Crippen LogP contribution in [0.3, 0.4) is 0 Å². The van der Waals surface area contributed by atoms with Gasteiger partial charge in [-0.15, -0.1) is 0 Å². The van der Waals surface area contributed by atoms with Crippen LogP contribution >= 0.6 is 0 Å². The Labute approximate surface area is 194 Å². The third-order valence-corrected chi connectivity index (χ3v) is 5.14. The molecule has 2 aromatic carbocycles. The zero-order valence-corrected chi connectivity index (χ0v) is 18.0. The van der Waals surface area contributed by atoms with Crippen LogP contribution in [0.5, 0.6) is 5.75 Å². The lowest BCUT2D eigenvalue weighted by molar-refractivity contribution is -0.117. The number of carbonyl (C=O) groups is 1. The highest BCUT2D eigenvalue weighted by atomic mass is 16.6. The van der Waals surface area contributed by atoms with E-state index in [2.05, 4.69) is 15.3 Å². The maximum absolute atomic E-state index is 12.1. The molecule has 4 aromatic rings. The van der Waals surface area contributed by atoms with Gasteiger partial charge in [0.15, 0.2) is 5.65 Å². The number of nitrogens with one attached hydrogen (secondary N) is 1. The van der Waals surface area contributed by atoms with Crippen LogP contribution in [0.25, 0.3) is 33.9 Å². The summed E-state index contributed by atoms with van der Waals surface area (Å²) < 4.78 is 1.87. The molecule has 2 aromatic heterocycles. The van der Waals surface area contributed by atoms with Gasteiger partial charge in [0.1, 0.15) is 29.5 Å². The van der Waals surface area contributed by atoms with E-state index in [1.807, 2.05) is 47.2 Å². The number of carbonyl (C=O) groups excluding carboxylic acids is 1. The molecular weight excluding hydrogens is 434 g/mol. The Bertz CT molecular complexity index is 1420. The molecule has 0 saturated heterocycles. The van der Waals surface area contributed by atoms with Gasteiger partial charge in [-0.2, -0.15) is 11.2 Å². The number of aliphatic hydroxyl groups excluding tert-OH is 1. The van der Waals surface area contributed by atoms with Gasteiger partial charge >= 0.3 is 0 Å². The number of fused-ring (bicyclic) bond motifs is 1. The molecule has 0 aliphatic rings. The highest BCUT2D eigenvalue weighted by Gasteiger charge is 2.16. The van der Waals surface area contributed by atoms with Crippen molar-refractivity contribution in [2.75, 3.05) is 18.9 Å². The van der Waals surface area contributed by atoms with Crippen molar-refractivity contribution >= 4 is 28.8 Å². The number of nitriles is 1. The van der Waals surface area contributed by atoms with Gasteiger partial charge in [-0.25, -0.2) is 9.97 Å². The zero-order chi connectivity index (χ0) is 24.1. The number of hydrogen-bond donors (Lipinski definition) is 4. The fourth-order valence-electron chi connectivity index (χ4n) is 3.56. The molecule has 0 aliphatic carbocycles. The minimum absolute atomic E-state index is 0.0650. The molecule has 6 N–H and O–H groups in total. The lowest BCUT2D eigenvalue weighted by atomic mass is 10.1. The molecule has 10 heteroatoms. The van der Waals surface area contributed by atoms with Crippen LogP contribution in [-0.2, 0) is 4.79 Å². The normalized spacial score (nSPS) is 11.3. The highest BCUT2D eigenvalue weighted by molar-refractivity contribution is 6.02. The van der Waals surface area contributed by atoms with Crippen LogP contribution in [0.4, 0.5) is 5.82 Å². The molecule has 0 fully saturated rings. The molecule has 10 nitrogen and oxygen atoms in total. The van der Waals surface area contributed by atoms with Crippen LogP contribution in [0.1, 0.15) is 5.56 Å². The first-order chi connectivity index (χ1) is 16.5. The van der Waals surface area contributed by atoms with Crippen molar-refractivity contribution < 1.29 is 14.7 Å². The number of aliphatic hydroxyl groups is 1. The van der Waals surface area contributed by atoms with E-state index in [1.54, 1.807) is 18.2 Å². The van der Waals surface area contributed by atoms with Gasteiger partial charge in [-0.05, 0) is 41.5 Å². The van der Waals surface area contributed by atoms with Gasteiger partial charge in [0, 0.05) is 24.0 Å². The maximum atomic E-state index is 12.1. The average molecular weight is 455 g/mol. The molecule has 34 heavy (non-hydrogen) atoms. The van der Waals surface area contributed by atoms with Crippen molar-refractivity contribution in [3.05, 3.63) is 72.2 Å². The molecule has 0 radical (unpaired) electrons. The molecule has 0 aliphatic heterocycles. The number of nitrogen functional groups attached to an aromatic ring is 1. The number of rotatable bonds is 7. The topological polar surface area (TPSA) is 165 Å². The SMILES string of the molecule is N#CC(=Cc1cccc(-n2cc(-c3ccc(ON)cc3)c3c(N)ncnc32)c1)C(=O)NCCO. The summed E-state index contributed by atoms with van der Waals surface area (Å²) in [6.45, 7) is -0.147. The second-order valence-corrected chi connectivity index (χ2v) is 7.26. The van der Waals surface area contributed by atoms with E-state index in [1.165, 1.54) is 12.4 Å². The standard InChI is InChI=1S/C24H21N7O3/c25-12-17(24(33)28-8-9-32)10-15-2-1-3-18(11-15)31-13-20(16-4-6-19(34-27)7-5-16)21-22(26)29-14-30-23(21)31/h1-7,10-11,13-14,32H,8-9,27H2,(H,28,33)(H2,26,29,30). The summed E-state index contributed by atoms with van der Waals surface area (Å²) in [7, 11) is 0. The van der Waals surface area contributed by atoms with E-state index in [4.69, 9.17) is 21.6 Å². The average Bonchev–Trinajstić information content (AvgIpc) is 3.27. The Hall–Kier alpha value is -4.72. The van der Waals surface area contributed by atoms with Gasteiger partial charge in [-0.3, -0.25) is 4.79 Å². The Morgan fingerprint density at radius 2 is 2.03 bits per heavy atom. The number of nitrogens with two attached hydrogens (primary N) is 2. The quantitative estimate of drug-likeness (QED) is 0.186. The predicted octanol–water partition coefficient (Wildman–Crippen LogP) is 1.94. The second-order valence-electron chi connectivity index (χ2n) is 7.26. The number of benzene rings is 2. The van der Waals surface area contributed by atoms with Crippen LogP contribution in [0, 0.1) is 11.3 Å². The van der Waals surface area contributed by atoms with Crippen molar-refractivity contribution in [3.63, 3.8) is 0 Å². The fourth-order valence-corrected chi connectivity index (χ4v) is 3.56. The lowest BCUT2D eigenvalue weighted by Gasteiger charge is -2.07. The van der Waals surface area contributed by atoms with E-state index >= 15 is 0 Å². The van der Waals surface area contributed by atoms with E-state index in [0.717, 1.165) is 16.8 Å². The van der Waals surface area contributed by atoms with E-state index < -0.39 is 5.91 Å². The number of amides is 1. The number of aromatic nitrogens is 3. The third-order valence-electron chi connectivity index (χ3n) is 5.14. The molecule has 1 amide bonds. The number of nitrogens with zero attached hydrogens (tertiary/aromatic N) is 4. The van der Waals surface area contributed by atoms with E-state index in [-0.39, 0.29) is 18.7 Å². The summed E-state index contributed by atoms with van der Waals surface area (Å²) in [5.41, 5.74) is 9.82. The molecule has 0 bridgehead atoms. The first-order valence-electron chi connectivity index (χ1n) is 10.3. The zero-order valence-electron chi connectivity index (χ0n) is 18.0. The van der Waals surface area contributed by atoms with Crippen molar-refractivity contribution in [1.29, 1.82) is 5.26 Å². The molecule has 4 rings (SSSR count). The smallest absolute Gasteiger partial charge is 0.262 e. The number of hydrogen-bond acceptors (Lipinski definition) is 8. The molecular formula is C24H21N7O3. The van der Waals surface area contributed by atoms with Gasteiger partial charge in [0.25, 0.3) is 5.91 Å². The first-order valence-corrected chi connectivity index (χ1v) is 10.3. The van der Waals surface area contributed by atoms with Crippen molar-refractivity contribution in [2.45, 2.75) is 0 Å². The Kier molecular flexibility index (Phi) is 6.49. The van der Waals surface area contributed by atoms with E-state index in [0.29, 0.717) is 28.2 Å². The van der Waals surface area contributed by atoms with E-state index in [9.17, 15) is 10.1 Å². The highest BCUT2D eigenvalue weighted by Crippen LogP contribution is 2.35. The van der Waals surface area contributed by atoms with Gasteiger partial charge in [0.05, 0.1) is 12.0 Å². The van der Waals surface area contributed by atoms with Gasteiger partial charge in [-0.1, -0.05) is 24.3 Å². The summed E-state index contributed by atoms with van der Waals surface area (Å²) in [6.07, 6.45) is 4.78. The molecule has 2 heterocycles. The summed E-state index contributed by atoms with van der Waals surface area (Å²) >= 11 is 0. The Balaban J connectivity index is 1.81. The summed E-state index contributed by atoms with van der Waals surface area (Å²) in [5, 5.41) is 21.4. The van der Waals surface area contributed by atoms with Crippen LogP contribution < -0.4 is 21.8 Å². The third kappa shape index (κ3) is 4.42. The first kappa shape index (κ1) is 22.5. The second kappa shape index (κ2) is 9.83. The molecule has 0 atom stereocenters. The van der Waals surface area contributed by atoms with Crippen molar-refractivity contribution in [2.24, 2.45) is 5.90 Å². The minimum atomic E-state index is -0.555. The van der Waals surface area contributed by atoms with Crippen LogP contribution in [0.2, 0.25) is 0 Å². The van der Waals surface area contributed by atoms with Crippen molar-refractivity contribution in [1.82, 2.24) is 19.9 Å². The largest absolute Gasteiger partial charge is 0.412 e. The van der Waals surface area contributed by atoms with Crippen LogP contribution in [0.15, 0.2) is 66.6 Å². The number of anilines is 1. The fraction of sp³-hybridized carbons (Fsp3) is 0.0833. The predicted molar refractivity (Wildman–Crippen MR) is 127 cm³/mol. The summed E-state index contributed by atoms with van der Waals surface area (Å²) in [6, 6.07) is 16.4. The Morgan fingerprint density at radius 3 is 2.74 bits per heavy atom. The summed E-state index contributed by atoms with van der Waals surface area (Å²) in [4.78, 5) is 25.5. The molecule has 170 valence electrons. The van der Waals surface area contributed by atoms with Crippen molar-refractivity contribution in [3.8, 4) is 28.6 Å². The Morgan fingerprint density at radius 1 is 1.24 bits per heavy atom. The van der Waals surface area contributed by atoms with Gasteiger partial charge < -0.3 is 25.6 Å². The van der Waals surface area contributed by atoms with Gasteiger partial charge in [0.2, 0.25) is 0 Å². The monoisotopic (exact) mass is 455 g/mol. The summed E-state index contributed by atoms with van der Waals surface area (Å²) in [5.74, 6) is 5.53. The molecule has 0 unspecified atom stereocenters. The molecule has 0 spiro atoms. The molecule has 0 saturated carbocycles. The minimum Gasteiger partial charge on any atom is -0.412 e. The van der Waals surface area contributed by atoms with Crippen LogP contribution in [-0.4, -0.2) is 38.7 Å². The maximum Gasteiger partial charge on any atom is 0.262 e.